The van der Waals surface area contributed by atoms with E-state index in [0.29, 0.717) is 0 Å². The SMILES string of the molecule is N#Cc1ccc(C(F)(F)F)nc1Nc1c(Cl)cccc1Cl. The van der Waals surface area contributed by atoms with E-state index >= 15 is 0 Å². The average Bonchev–Trinajstić information content (AvgIpc) is 2.42. The molecular formula is C13H6Cl2F3N3. The van der Waals surface area contributed by atoms with E-state index in [1.165, 1.54) is 12.1 Å². The molecule has 0 spiro atoms. The van der Waals surface area contributed by atoms with Crippen LogP contribution in [0.5, 0.6) is 0 Å². The number of nitrogens with one attached hydrogen (secondary N) is 1. The number of benzene rings is 1. The Balaban J connectivity index is 2.51. The van der Waals surface area contributed by atoms with Crippen molar-refractivity contribution in [1.29, 1.82) is 5.26 Å². The summed E-state index contributed by atoms with van der Waals surface area (Å²) in [6.07, 6.45) is -4.62. The summed E-state index contributed by atoms with van der Waals surface area (Å²) in [5.41, 5.74) is -0.990. The molecule has 1 aromatic heterocycles. The third-order valence-corrected chi connectivity index (χ3v) is 3.14. The van der Waals surface area contributed by atoms with E-state index in [2.05, 4.69) is 10.3 Å². The van der Waals surface area contributed by atoms with Gasteiger partial charge in [0.05, 0.1) is 21.3 Å². The monoisotopic (exact) mass is 331 g/mol. The summed E-state index contributed by atoms with van der Waals surface area (Å²) in [6.45, 7) is 0. The number of pyridine rings is 1. The Morgan fingerprint density at radius 2 is 1.71 bits per heavy atom. The molecule has 21 heavy (non-hydrogen) atoms. The van der Waals surface area contributed by atoms with Crippen molar-refractivity contribution in [2.75, 3.05) is 5.32 Å². The highest BCUT2D eigenvalue weighted by Crippen LogP contribution is 2.34. The third-order valence-electron chi connectivity index (χ3n) is 2.51. The largest absolute Gasteiger partial charge is 0.433 e. The molecule has 0 radical (unpaired) electrons. The maximum absolute atomic E-state index is 12.7. The second-order valence-corrected chi connectivity index (χ2v) is 4.74. The van der Waals surface area contributed by atoms with Crippen LogP contribution in [-0.2, 0) is 6.18 Å². The van der Waals surface area contributed by atoms with Crippen molar-refractivity contribution in [3.05, 3.63) is 51.6 Å². The molecule has 3 nitrogen and oxygen atoms in total. The molecule has 1 aromatic carbocycles. The number of hydrogen-bond acceptors (Lipinski definition) is 3. The van der Waals surface area contributed by atoms with E-state index in [-0.39, 0.29) is 27.1 Å². The van der Waals surface area contributed by atoms with Crippen LogP contribution in [0.4, 0.5) is 24.7 Å². The van der Waals surface area contributed by atoms with Crippen molar-refractivity contribution in [2.45, 2.75) is 6.18 Å². The number of anilines is 2. The van der Waals surface area contributed by atoms with Gasteiger partial charge >= 0.3 is 6.18 Å². The number of halogens is 5. The topological polar surface area (TPSA) is 48.7 Å². The molecule has 0 saturated heterocycles. The van der Waals surface area contributed by atoms with Crippen LogP contribution in [0.15, 0.2) is 30.3 Å². The van der Waals surface area contributed by atoms with Gasteiger partial charge in [-0.2, -0.15) is 18.4 Å². The standard InChI is InChI=1S/C13H6Cl2F3N3/c14-8-2-1-3-9(15)11(8)21-12-7(6-19)4-5-10(20-12)13(16,17)18/h1-5H,(H,20,21). The summed E-state index contributed by atoms with van der Waals surface area (Å²) in [4.78, 5) is 3.42. The van der Waals surface area contributed by atoms with Crippen molar-refractivity contribution in [3.63, 3.8) is 0 Å². The molecule has 0 amide bonds. The summed E-state index contributed by atoms with van der Waals surface area (Å²) in [5, 5.41) is 11.9. The first kappa shape index (κ1) is 15.4. The van der Waals surface area contributed by atoms with Gasteiger partial charge in [0, 0.05) is 0 Å². The molecule has 0 bridgehead atoms. The molecule has 2 rings (SSSR count). The lowest BCUT2D eigenvalue weighted by Gasteiger charge is -2.13. The van der Waals surface area contributed by atoms with Gasteiger partial charge in [-0.1, -0.05) is 29.3 Å². The predicted molar refractivity (Wildman–Crippen MR) is 73.7 cm³/mol. The van der Waals surface area contributed by atoms with Crippen molar-refractivity contribution in [3.8, 4) is 6.07 Å². The number of aromatic nitrogens is 1. The first-order valence-corrected chi connectivity index (χ1v) is 6.28. The predicted octanol–water partition coefficient (Wildman–Crippen LogP) is 5.02. The summed E-state index contributed by atoms with van der Waals surface area (Å²) in [5.74, 6) is -0.262. The van der Waals surface area contributed by atoms with E-state index in [9.17, 15) is 13.2 Å². The van der Waals surface area contributed by atoms with Gasteiger partial charge < -0.3 is 5.32 Å². The third kappa shape index (κ3) is 3.38. The first-order chi connectivity index (χ1) is 9.82. The minimum atomic E-state index is -4.62. The highest BCUT2D eigenvalue weighted by Gasteiger charge is 2.33. The van der Waals surface area contributed by atoms with Crippen LogP contribution in [0, 0.1) is 11.3 Å². The van der Waals surface area contributed by atoms with Gasteiger partial charge in [-0.3, -0.25) is 0 Å². The minimum absolute atomic E-state index is 0.0565. The van der Waals surface area contributed by atoms with Crippen molar-refractivity contribution >= 4 is 34.7 Å². The maximum atomic E-state index is 12.7. The Hall–Kier alpha value is -1.97. The fourth-order valence-corrected chi connectivity index (χ4v) is 2.03. The van der Waals surface area contributed by atoms with Gasteiger partial charge in [-0.05, 0) is 24.3 Å². The molecule has 1 heterocycles. The highest BCUT2D eigenvalue weighted by atomic mass is 35.5. The molecule has 1 N–H and O–H groups in total. The van der Waals surface area contributed by atoms with Crippen LogP contribution < -0.4 is 5.32 Å². The molecule has 0 aliphatic rings. The molecule has 0 unspecified atom stereocenters. The van der Waals surface area contributed by atoms with E-state index in [0.717, 1.165) is 12.1 Å². The van der Waals surface area contributed by atoms with Crippen molar-refractivity contribution < 1.29 is 13.2 Å². The molecule has 0 fully saturated rings. The van der Waals surface area contributed by atoms with E-state index in [1.54, 1.807) is 12.1 Å². The van der Waals surface area contributed by atoms with Crippen LogP contribution in [-0.4, -0.2) is 4.98 Å². The quantitative estimate of drug-likeness (QED) is 0.840. The molecule has 0 atom stereocenters. The number of nitrogens with zero attached hydrogens (tertiary/aromatic N) is 2. The molecular weight excluding hydrogens is 326 g/mol. The molecule has 2 aromatic rings. The minimum Gasteiger partial charge on any atom is -0.337 e. The molecule has 8 heteroatoms. The Kier molecular flexibility index (Phi) is 4.26. The Labute approximate surface area is 127 Å². The normalized spacial score (nSPS) is 11.0. The maximum Gasteiger partial charge on any atom is 0.433 e. The lowest BCUT2D eigenvalue weighted by molar-refractivity contribution is -0.141. The van der Waals surface area contributed by atoms with Gasteiger partial charge in [0.1, 0.15) is 17.6 Å². The Bertz CT molecular complexity index is 703. The number of para-hydroxylation sites is 1. The number of hydrogen-bond donors (Lipinski definition) is 1. The second kappa shape index (κ2) is 5.80. The van der Waals surface area contributed by atoms with Gasteiger partial charge in [-0.25, -0.2) is 4.98 Å². The van der Waals surface area contributed by atoms with Crippen LogP contribution >= 0.6 is 23.2 Å². The van der Waals surface area contributed by atoms with E-state index in [1.807, 2.05) is 0 Å². The summed E-state index contributed by atoms with van der Waals surface area (Å²) in [6, 6.07) is 8.12. The van der Waals surface area contributed by atoms with E-state index in [4.69, 9.17) is 28.5 Å². The number of nitriles is 1. The lowest BCUT2D eigenvalue weighted by Crippen LogP contribution is -2.10. The number of alkyl halides is 3. The highest BCUT2D eigenvalue weighted by molar-refractivity contribution is 6.39. The van der Waals surface area contributed by atoms with Crippen LogP contribution in [0.2, 0.25) is 10.0 Å². The summed E-state index contributed by atoms with van der Waals surface area (Å²) < 4.78 is 38.0. The van der Waals surface area contributed by atoms with Crippen molar-refractivity contribution in [1.82, 2.24) is 4.98 Å². The van der Waals surface area contributed by atoms with Gasteiger partial charge in [0.15, 0.2) is 0 Å². The Morgan fingerprint density at radius 3 is 2.24 bits per heavy atom. The second-order valence-electron chi connectivity index (χ2n) is 3.92. The zero-order valence-corrected chi connectivity index (χ0v) is 11.7. The van der Waals surface area contributed by atoms with Crippen LogP contribution in [0.3, 0.4) is 0 Å². The molecule has 0 saturated carbocycles. The lowest BCUT2D eigenvalue weighted by atomic mass is 10.2. The average molecular weight is 332 g/mol. The van der Waals surface area contributed by atoms with Crippen LogP contribution in [0.1, 0.15) is 11.3 Å². The van der Waals surface area contributed by atoms with Crippen molar-refractivity contribution in [2.24, 2.45) is 0 Å². The van der Waals surface area contributed by atoms with E-state index < -0.39 is 11.9 Å². The molecule has 108 valence electrons. The fourth-order valence-electron chi connectivity index (χ4n) is 1.54. The zero-order chi connectivity index (χ0) is 15.6. The molecule has 0 aliphatic heterocycles. The van der Waals surface area contributed by atoms with Gasteiger partial charge in [-0.15, -0.1) is 0 Å². The van der Waals surface area contributed by atoms with Crippen LogP contribution in [0.25, 0.3) is 0 Å². The summed E-state index contributed by atoms with van der Waals surface area (Å²) in [7, 11) is 0. The van der Waals surface area contributed by atoms with Gasteiger partial charge in [0.2, 0.25) is 0 Å². The first-order valence-electron chi connectivity index (χ1n) is 5.52. The molecule has 0 aliphatic carbocycles. The zero-order valence-electron chi connectivity index (χ0n) is 10.2. The Morgan fingerprint density at radius 1 is 1.10 bits per heavy atom. The smallest absolute Gasteiger partial charge is 0.337 e. The van der Waals surface area contributed by atoms with Gasteiger partial charge in [0.25, 0.3) is 0 Å². The fraction of sp³-hybridized carbons (Fsp3) is 0.0769. The number of rotatable bonds is 2. The summed E-state index contributed by atoms with van der Waals surface area (Å²) >= 11 is 11.8.